The number of hydrogen-bond donors (Lipinski definition) is 2. The molecule has 8 heteroatoms. The summed E-state index contributed by atoms with van der Waals surface area (Å²) >= 11 is 1.54. The molecule has 0 aliphatic carbocycles. The summed E-state index contributed by atoms with van der Waals surface area (Å²) in [7, 11) is 0. The van der Waals surface area contributed by atoms with Crippen LogP contribution < -0.4 is 5.32 Å². The van der Waals surface area contributed by atoms with Crippen molar-refractivity contribution in [3.8, 4) is 0 Å². The number of aryl methyl sites for hydroxylation is 1. The van der Waals surface area contributed by atoms with Crippen LogP contribution in [-0.2, 0) is 17.8 Å². The van der Waals surface area contributed by atoms with Crippen LogP contribution in [0.2, 0.25) is 0 Å². The molecule has 0 radical (unpaired) electrons. The molecule has 0 fully saturated rings. The number of carbonyl (C=O) groups excluding carboxylic acids is 1. The fourth-order valence-corrected chi connectivity index (χ4v) is 2.71. The number of amides is 1. The van der Waals surface area contributed by atoms with E-state index in [1.54, 1.807) is 0 Å². The van der Waals surface area contributed by atoms with Crippen LogP contribution in [0.4, 0.5) is 0 Å². The molecule has 3 rings (SSSR count). The minimum absolute atomic E-state index is 0.0533. The fraction of sp³-hybridized carbons (Fsp3) is 0.273. The van der Waals surface area contributed by atoms with Gasteiger partial charge in [0.25, 0.3) is 0 Å². The molecule has 3 aromatic heterocycles. The van der Waals surface area contributed by atoms with Crippen LogP contribution in [0.5, 0.6) is 0 Å². The van der Waals surface area contributed by atoms with Gasteiger partial charge in [0.05, 0.1) is 18.7 Å². The highest BCUT2D eigenvalue weighted by Crippen LogP contribution is 2.16. The van der Waals surface area contributed by atoms with E-state index in [2.05, 4.69) is 25.5 Å². The van der Waals surface area contributed by atoms with Gasteiger partial charge in [-0.1, -0.05) is 0 Å². The molecular weight excluding hydrogens is 264 g/mol. The Hall–Kier alpha value is -2.22. The average Bonchev–Trinajstić information content (AvgIpc) is 3.06. The summed E-state index contributed by atoms with van der Waals surface area (Å²) in [6, 6.07) is 0. The van der Waals surface area contributed by atoms with E-state index in [9.17, 15) is 4.79 Å². The quantitative estimate of drug-likeness (QED) is 0.733. The molecule has 0 spiro atoms. The maximum absolute atomic E-state index is 11.9. The monoisotopic (exact) mass is 276 g/mol. The molecule has 19 heavy (non-hydrogen) atoms. The lowest BCUT2D eigenvalue weighted by atomic mass is 10.3. The van der Waals surface area contributed by atoms with Gasteiger partial charge in [-0.15, -0.1) is 11.3 Å². The van der Waals surface area contributed by atoms with Crippen molar-refractivity contribution in [2.24, 2.45) is 0 Å². The first-order chi connectivity index (χ1) is 9.22. The van der Waals surface area contributed by atoms with Gasteiger partial charge in [0.15, 0.2) is 4.96 Å². The Morgan fingerprint density at radius 2 is 2.47 bits per heavy atom. The number of H-pyrrole nitrogens is 1. The van der Waals surface area contributed by atoms with Crippen molar-refractivity contribution in [1.29, 1.82) is 0 Å². The van der Waals surface area contributed by atoms with Gasteiger partial charge in [-0.25, -0.2) is 9.97 Å². The van der Waals surface area contributed by atoms with Crippen molar-refractivity contribution in [3.05, 3.63) is 35.1 Å². The van der Waals surface area contributed by atoms with Crippen molar-refractivity contribution in [3.63, 3.8) is 0 Å². The lowest BCUT2D eigenvalue weighted by Gasteiger charge is -2.02. The molecule has 98 valence electrons. The van der Waals surface area contributed by atoms with Crippen molar-refractivity contribution < 1.29 is 4.79 Å². The molecule has 0 atom stereocenters. The molecule has 0 aliphatic heterocycles. The number of rotatable bonds is 4. The molecule has 0 unspecified atom stereocenters. The van der Waals surface area contributed by atoms with E-state index < -0.39 is 0 Å². The largest absolute Gasteiger partial charge is 0.348 e. The smallest absolute Gasteiger partial charge is 0.226 e. The van der Waals surface area contributed by atoms with Gasteiger partial charge in [-0.3, -0.25) is 14.3 Å². The van der Waals surface area contributed by atoms with E-state index in [1.165, 1.54) is 17.7 Å². The highest BCUT2D eigenvalue weighted by atomic mass is 32.1. The molecule has 0 saturated carbocycles. The summed E-state index contributed by atoms with van der Waals surface area (Å²) in [6.45, 7) is 2.29. The molecule has 3 heterocycles. The van der Waals surface area contributed by atoms with Crippen LogP contribution in [0.15, 0.2) is 17.9 Å². The first-order valence-electron chi connectivity index (χ1n) is 5.75. The number of hydrogen-bond acceptors (Lipinski definition) is 5. The minimum atomic E-state index is -0.0533. The van der Waals surface area contributed by atoms with Gasteiger partial charge in [0, 0.05) is 17.3 Å². The van der Waals surface area contributed by atoms with Crippen molar-refractivity contribution >= 4 is 22.2 Å². The van der Waals surface area contributed by atoms with Crippen LogP contribution in [0.3, 0.4) is 0 Å². The van der Waals surface area contributed by atoms with Crippen LogP contribution in [-0.4, -0.2) is 30.5 Å². The van der Waals surface area contributed by atoms with Crippen molar-refractivity contribution in [2.45, 2.75) is 19.9 Å². The highest BCUT2D eigenvalue weighted by molar-refractivity contribution is 7.15. The third-order valence-electron chi connectivity index (χ3n) is 2.66. The second-order valence-corrected chi connectivity index (χ2v) is 4.98. The Balaban J connectivity index is 1.65. The summed E-state index contributed by atoms with van der Waals surface area (Å²) in [5.41, 5.74) is 1.89. The summed E-state index contributed by atoms with van der Waals surface area (Å²) in [5.74, 6) is 0.588. The highest BCUT2D eigenvalue weighted by Gasteiger charge is 2.10. The van der Waals surface area contributed by atoms with E-state index in [-0.39, 0.29) is 5.91 Å². The van der Waals surface area contributed by atoms with E-state index in [1.807, 2.05) is 22.9 Å². The normalized spacial score (nSPS) is 11.0. The number of carbonyl (C=O) groups is 1. The summed E-state index contributed by atoms with van der Waals surface area (Å²) < 4.78 is 1.95. The number of aromatic amines is 1. The molecule has 0 bridgehead atoms. The third-order valence-corrected chi connectivity index (χ3v) is 3.55. The number of aromatic nitrogens is 5. The lowest BCUT2D eigenvalue weighted by Crippen LogP contribution is -2.25. The molecule has 1 amide bonds. The van der Waals surface area contributed by atoms with Gasteiger partial charge >= 0.3 is 0 Å². The molecule has 3 aromatic rings. The SMILES string of the molecule is Cc1cn2c(CC(=O)NCc3ncn[nH]3)csc2n1. The van der Waals surface area contributed by atoms with E-state index in [0.29, 0.717) is 18.8 Å². The maximum atomic E-state index is 11.9. The number of fused-ring (bicyclic) bond motifs is 1. The van der Waals surface area contributed by atoms with Crippen molar-refractivity contribution in [1.82, 2.24) is 29.9 Å². The minimum Gasteiger partial charge on any atom is -0.348 e. The Morgan fingerprint density at radius 3 is 3.26 bits per heavy atom. The number of thiazole rings is 1. The van der Waals surface area contributed by atoms with E-state index >= 15 is 0 Å². The zero-order chi connectivity index (χ0) is 13.2. The molecule has 0 aromatic carbocycles. The predicted octanol–water partition coefficient (Wildman–Crippen LogP) is 0.681. The molecule has 0 saturated heterocycles. The number of nitrogens with zero attached hydrogens (tertiary/aromatic N) is 4. The van der Waals surface area contributed by atoms with Crippen LogP contribution in [0, 0.1) is 6.92 Å². The van der Waals surface area contributed by atoms with Gasteiger partial charge in [0.1, 0.15) is 12.2 Å². The summed E-state index contributed by atoms with van der Waals surface area (Å²) in [4.78, 5) is 21.1. The Labute approximate surface area is 112 Å². The second-order valence-electron chi connectivity index (χ2n) is 4.15. The zero-order valence-electron chi connectivity index (χ0n) is 10.3. The zero-order valence-corrected chi connectivity index (χ0v) is 11.1. The Kier molecular flexibility index (Phi) is 3.00. The molecular formula is C11H12N6OS. The summed E-state index contributed by atoms with van der Waals surface area (Å²) in [5, 5.41) is 11.2. The number of nitrogens with one attached hydrogen (secondary N) is 2. The fourth-order valence-electron chi connectivity index (χ4n) is 1.79. The molecule has 7 nitrogen and oxygen atoms in total. The van der Waals surface area contributed by atoms with Gasteiger partial charge < -0.3 is 5.32 Å². The standard InChI is InChI=1S/C11H12N6OS/c1-7-4-17-8(5-19-11(17)15-7)2-10(18)12-3-9-13-6-14-16-9/h4-6H,2-3H2,1H3,(H,12,18)(H,13,14,16). The first-order valence-corrected chi connectivity index (χ1v) is 6.63. The van der Waals surface area contributed by atoms with Gasteiger partial charge in [-0.2, -0.15) is 5.10 Å². The average molecular weight is 276 g/mol. The van der Waals surface area contributed by atoms with E-state index in [4.69, 9.17) is 0 Å². The van der Waals surface area contributed by atoms with Gasteiger partial charge in [-0.05, 0) is 6.92 Å². The topological polar surface area (TPSA) is 88.0 Å². The van der Waals surface area contributed by atoms with Crippen molar-refractivity contribution in [2.75, 3.05) is 0 Å². The second kappa shape index (κ2) is 4.81. The van der Waals surface area contributed by atoms with Gasteiger partial charge in [0.2, 0.25) is 5.91 Å². The van der Waals surface area contributed by atoms with E-state index in [0.717, 1.165) is 16.3 Å². The predicted molar refractivity (Wildman–Crippen MR) is 69.7 cm³/mol. The third kappa shape index (κ3) is 2.48. The Morgan fingerprint density at radius 1 is 1.58 bits per heavy atom. The Bertz CT molecular complexity index is 698. The maximum Gasteiger partial charge on any atom is 0.226 e. The lowest BCUT2D eigenvalue weighted by molar-refractivity contribution is -0.120. The number of imidazole rings is 1. The first kappa shape index (κ1) is 11.8. The molecule has 2 N–H and O–H groups in total. The van der Waals surface area contributed by atoms with Crippen LogP contribution in [0.25, 0.3) is 4.96 Å². The summed E-state index contributed by atoms with van der Waals surface area (Å²) in [6.07, 6.45) is 3.67. The van der Waals surface area contributed by atoms with Crippen LogP contribution >= 0.6 is 11.3 Å². The molecule has 0 aliphatic rings. The van der Waals surface area contributed by atoms with Crippen LogP contribution in [0.1, 0.15) is 17.2 Å².